The van der Waals surface area contributed by atoms with E-state index in [4.69, 9.17) is 9.73 Å². The minimum atomic E-state index is 0.665. The summed E-state index contributed by atoms with van der Waals surface area (Å²) in [6, 6.07) is 15.0. The predicted molar refractivity (Wildman–Crippen MR) is 125 cm³/mol. The maximum atomic E-state index is 5.68. The summed E-state index contributed by atoms with van der Waals surface area (Å²) in [6.45, 7) is 5.76. The molecule has 2 aliphatic heterocycles. The van der Waals surface area contributed by atoms with E-state index in [1.807, 2.05) is 24.0 Å². The van der Waals surface area contributed by atoms with E-state index >= 15 is 0 Å². The van der Waals surface area contributed by atoms with Crippen LogP contribution in [-0.4, -0.2) is 40.7 Å². The number of anilines is 1. The number of imidazole rings is 1. The van der Waals surface area contributed by atoms with Gasteiger partial charge in [-0.1, -0.05) is 23.8 Å². The molecule has 0 bridgehead atoms. The summed E-state index contributed by atoms with van der Waals surface area (Å²) in [4.78, 5) is 9.21. The highest BCUT2D eigenvalue weighted by Gasteiger charge is 2.31. The molecule has 3 aromatic rings. The van der Waals surface area contributed by atoms with E-state index in [1.54, 1.807) is 7.11 Å². The van der Waals surface area contributed by atoms with E-state index in [9.17, 15) is 0 Å². The summed E-state index contributed by atoms with van der Waals surface area (Å²) >= 11 is 0. The van der Waals surface area contributed by atoms with Crippen molar-refractivity contribution < 1.29 is 4.74 Å². The number of nitrogens with zero attached hydrogens (tertiary/aromatic N) is 5. The molecule has 0 atom stereocenters. The number of methoxy groups -OCH3 is 1. The molecule has 0 amide bonds. The zero-order chi connectivity index (χ0) is 21.4. The summed E-state index contributed by atoms with van der Waals surface area (Å²) in [7, 11) is 1.71. The zero-order valence-electron chi connectivity index (χ0n) is 18.2. The second-order valence-corrected chi connectivity index (χ2v) is 8.11. The Hall–Kier alpha value is -3.54. The third-order valence-corrected chi connectivity index (χ3v) is 5.86. The fourth-order valence-electron chi connectivity index (χ4n) is 4.26. The van der Waals surface area contributed by atoms with Gasteiger partial charge in [-0.2, -0.15) is 0 Å². The van der Waals surface area contributed by atoms with E-state index in [0.717, 1.165) is 47.9 Å². The highest BCUT2D eigenvalue weighted by atomic mass is 16.5. The molecule has 31 heavy (non-hydrogen) atoms. The molecular weight excluding hydrogens is 386 g/mol. The lowest BCUT2D eigenvalue weighted by Crippen LogP contribution is -2.45. The van der Waals surface area contributed by atoms with Crippen LogP contribution < -0.4 is 9.75 Å². The molecule has 0 aliphatic carbocycles. The quantitative estimate of drug-likeness (QED) is 0.618. The number of ether oxygens (including phenoxy) is 1. The molecule has 0 saturated carbocycles. The first-order valence-electron chi connectivity index (χ1n) is 10.7. The number of aromatic nitrogens is 2. The second-order valence-electron chi connectivity index (χ2n) is 8.11. The molecule has 0 N–H and O–H groups in total. The van der Waals surface area contributed by atoms with Crippen LogP contribution in [0.25, 0.3) is 11.8 Å². The average molecular weight is 414 g/mol. The van der Waals surface area contributed by atoms with Gasteiger partial charge in [-0.25, -0.2) is 9.98 Å². The number of fused-ring (bicyclic) bond motifs is 1. The Kier molecular flexibility index (Phi) is 4.98. The summed E-state index contributed by atoms with van der Waals surface area (Å²) in [5, 5.41) is 4.59. The minimum Gasteiger partial charge on any atom is -0.495 e. The van der Waals surface area contributed by atoms with E-state index in [1.165, 1.54) is 16.8 Å². The monoisotopic (exact) mass is 413 g/mol. The fraction of sp³-hybridized carbons (Fsp3) is 0.280. The van der Waals surface area contributed by atoms with Crippen LogP contribution in [0, 0.1) is 13.8 Å². The number of amidine groups is 1. The Balaban J connectivity index is 1.42. The largest absolute Gasteiger partial charge is 0.495 e. The molecule has 1 saturated heterocycles. The van der Waals surface area contributed by atoms with Crippen LogP contribution in [0.3, 0.4) is 0 Å². The Labute approximate surface area is 183 Å². The third kappa shape index (κ3) is 3.69. The highest BCUT2D eigenvalue weighted by molar-refractivity contribution is 6.04. The molecule has 1 fully saturated rings. The smallest absolute Gasteiger partial charge is 0.147 e. The van der Waals surface area contributed by atoms with Gasteiger partial charge in [0.15, 0.2) is 0 Å². The van der Waals surface area contributed by atoms with Crippen molar-refractivity contribution in [1.29, 1.82) is 0 Å². The van der Waals surface area contributed by atoms with Crippen molar-refractivity contribution in [3.8, 4) is 11.4 Å². The van der Waals surface area contributed by atoms with Crippen molar-refractivity contribution in [3.63, 3.8) is 0 Å². The highest BCUT2D eigenvalue weighted by Crippen LogP contribution is 2.31. The zero-order valence-corrected chi connectivity index (χ0v) is 18.2. The normalized spacial score (nSPS) is 17.1. The van der Waals surface area contributed by atoms with Crippen molar-refractivity contribution in [3.05, 3.63) is 77.4 Å². The molecule has 0 spiro atoms. The second kappa shape index (κ2) is 7.95. The van der Waals surface area contributed by atoms with Gasteiger partial charge in [-0.3, -0.25) is 10.0 Å². The molecule has 6 heteroatoms. The van der Waals surface area contributed by atoms with Gasteiger partial charge in [-0.15, -0.1) is 0 Å². The van der Waals surface area contributed by atoms with Crippen molar-refractivity contribution in [1.82, 2.24) is 14.6 Å². The van der Waals surface area contributed by atoms with Crippen molar-refractivity contribution in [2.24, 2.45) is 4.99 Å². The van der Waals surface area contributed by atoms with Crippen LogP contribution in [0.2, 0.25) is 0 Å². The maximum Gasteiger partial charge on any atom is 0.147 e. The van der Waals surface area contributed by atoms with Gasteiger partial charge in [0.25, 0.3) is 0 Å². The van der Waals surface area contributed by atoms with Crippen LogP contribution in [0.4, 0.5) is 5.69 Å². The fourth-order valence-corrected chi connectivity index (χ4v) is 4.26. The van der Waals surface area contributed by atoms with Crippen LogP contribution in [-0.2, 0) is 0 Å². The van der Waals surface area contributed by atoms with Gasteiger partial charge in [0.05, 0.1) is 30.5 Å². The Bertz CT molecular complexity index is 1160. The Morgan fingerprint density at radius 2 is 1.87 bits per heavy atom. The topological polar surface area (TPSA) is 45.9 Å². The van der Waals surface area contributed by atoms with E-state index in [-0.39, 0.29) is 0 Å². The molecule has 2 aliphatic rings. The molecule has 0 radical (unpaired) electrons. The molecule has 158 valence electrons. The van der Waals surface area contributed by atoms with Crippen LogP contribution in [0.1, 0.15) is 29.7 Å². The lowest BCUT2D eigenvalue weighted by molar-refractivity contribution is 0.390. The molecule has 5 rings (SSSR count). The van der Waals surface area contributed by atoms with E-state index in [2.05, 4.69) is 70.5 Å². The average Bonchev–Trinajstić information content (AvgIpc) is 3.41. The first kappa shape index (κ1) is 19.4. The predicted octanol–water partition coefficient (Wildman–Crippen LogP) is 4.77. The summed E-state index contributed by atoms with van der Waals surface area (Å²) in [5.74, 6) is 1.91. The summed E-state index contributed by atoms with van der Waals surface area (Å²) in [5.41, 5.74) is 6.81. The molecular formula is C25H27N5O. The van der Waals surface area contributed by atoms with Crippen LogP contribution in [0.15, 0.2) is 65.6 Å². The maximum absolute atomic E-state index is 5.68. The SMILES string of the molecule is COc1cc(/C=C2\CCCN3C2=NCN3c2ccc(C)cc2)ccc1-n1cnc(C)c1. The summed E-state index contributed by atoms with van der Waals surface area (Å²) < 4.78 is 7.68. The van der Waals surface area contributed by atoms with Gasteiger partial charge in [0.2, 0.25) is 0 Å². The lowest BCUT2D eigenvalue weighted by Gasteiger charge is -2.35. The van der Waals surface area contributed by atoms with Crippen LogP contribution >= 0.6 is 0 Å². The molecule has 3 heterocycles. The number of hydrogen-bond donors (Lipinski definition) is 0. The van der Waals surface area contributed by atoms with Crippen molar-refractivity contribution in [2.45, 2.75) is 26.7 Å². The standard InChI is InChI=1S/C25H27N5O/c1-18-6-9-22(10-7-18)30-17-27-25-21(5-4-12-29(25)30)13-20-8-11-23(24(14-20)31-3)28-15-19(2)26-16-28/h6-11,13-16H,4-5,12,17H2,1-3H3/b21-13+. The number of hydrazine groups is 1. The lowest BCUT2D eigenvalue weighted by atomic mass is 10.0. The number of aliphatic imine (C=N–C) groups is 1. The number of benzene rings is 2. The van der Waals surface area contributed by atoms with Gasteiger partial charge < -0.3 is 9.30 Å². The number of piperidine rings is 1. The number of aryl methyl sites for hydroxylation is 2. The van der Waals surface area contributed by atoms with Gasteiger partial charge in [-0.05, 0) is 68.2 Å². The Morgan fingerprint density at radius 3 is 2.61 bits per heavy atom. The third-order valence-electron chi connectivity index (χ3n) is 5.86. The molecule has 1 aromatic heterocycles. The van der Waals surface area contributed by atoms with E-state index in [0.29, 0.717) is 6.67 Å². The van der Waals surface area contributed by atoms with Gasteiger partial charge >= 0.3 is 0 Å². The van der Waals surface area contributed by atoms with Crippen molar-refractivity contribution in [2.75, 3.05) is 25.3 Å². The number of hydrogen-bond acceptors (Lipinski definition) is 5. The van der Waals surface area contributed by atoms with Gasteiger partial charge in [0, 0.05) is 12.7 Å². The first-order chi connectivity index (χ1) is 15.1. The minimum absolute atomic E-state index is 0.665. The van der Waals surface area contributed by atoms with Crippen LogP contribution in [0.5, 0.6) is 5.75 Å². The van der Waals surface area contributed by atoms with E-state index < -0.39 is 0 Å². The van der Waals surface area contributed by atoms with Crippen molar-refractivity contribution >= 4 is 17.6 Å². The molecule has 2 aromatic carbocycles. The molecule has 6 nitrogen and oxygen atoms in total. The van der Waals surface area contributed by atoms with Gasteiger partial charge in [0.1, 0.15) is 18.3 Å². The Morgan fingerprint density at radius 1 is 1.03 bits per heavy atom. The first-order valence-corrected chi connectivity index (χ1v) is 10.7. The summed E-state index contributed by atoms with van der Waals surface area (Å²) in [6.07, 6.45) is 8.20. The number of rotatable bonds is 4. The molecule has 0 unspecified atom stereocenters.